The van der Waals surface area contributed by atoms with Crippen LogP contribution in [0.3, 0.4) is 0 Å². The van der Waals surface area contributed by atoms with E-state index in [9.17, 15) is 9.59 Å². The minimum Gasteiger partial charge on any atom is -0.481 e. The van der Waals surface area contributed by atoms with Gasteiger partial charge in [0, 0.05) is 12.6 Å². The Bertz CT molecular complexity index is 348. The van der Waals surface area contributed by atoms with Crippen molar-refractivity contribution in [1.29, 1.82) is 0 Å². The van der Waals surface area contributed by atoms with Crippen molar-refractivity contribution in [1.82, 2.24) is 4.90 Å². The quantitative estimate of drug-likeness (QED) is 0.757. The Balaban J connectivity index is 1.99. The standard InChI is InChI=1S/C12H17NO4/c1-2-5-17-11(16)13-8-12(3-4-12)7-9(13)6-10(14)15/h2,9H,1,3-8H2,(H,14,15)/t9-/m1/s1. The Hall–Kier alpha value is -1.52. The highest BCUT2D eigenvalue weighted by molar-refractivity contribution is 5.72. The molecule has 2 rings (SSSR count). The molecule has 0 aromatic rings. The molecule has 94 valence electrons. The predicted octanol–water partition coefficient (Wildman–Crippen LogP) is 1.64. The summed E-state index contributed by atoms with van der Waals surface area (Å²) in [5.74, 6) is -0.866. The van der Waals surface area contributed by atoms with Crippen molar-refractivity contribution in [3.05, 3.63) is 12.7 Å². The third-order valence-electron chi connectivity index (χ3n) is 3.54. The van der Waals surface area contributed by atoms with E-state index >= 15 is 0 Å². The summed E-state index contributed by atoms with van der Waals surface area (Å²) >= 11 is 0. The normalized spacial score (nSPS) is 24.7. The number of carboxylic acid groups (broad SMARTS) is 1. The van der Waals surface area contributed by atoms with Crippen molar-refractivity contribution in [3.63, 3.8) is 0 Å². The average molecular weight is 239 g/mol. The molecule has 0 radical (unpaired) electrons. The van der Waals surface area contributed by atoms with Crippen LogP contribution in [0.2, 0.25) is 0 Å². The number of rotatable bonds is 4. The van der Waals surface area contributed by atoms with E-state index in [0.717, 1.165) is 19.3 Å². The second kappa shape index (κ2) is 4.39. The fourth-order valence-electron chi connectivity index (χ4n) is 2.51. The maximum atomic E-state index is 11.8. The summed E-state index contributed by atoms with van der Waals surface area (Å²) in [5.41, 5.74) is 0.188. The van der Waals surface area contributed by atoms with Gasteiger partial charge in [0.15, 0.2) is 0 Å². The first-order valence-electron chi connectivity index (χ1n) is 5.82. The van der Waals surface area contributed by atoms with E-state index in [4.69, 9.17) is 9.84 Å². The third-order valence-corrected chi connectivity index (χ3v) is 3.54. The molecule has 2 aliphatic rings. The topological polar surface area (TPSA) is 66.8 Å². The van der Waals surface area contributed by atoms with Gasteiger partial charge in [-0.1, -0.05) is 12.7 Å². The van der Waals surface area contributed by atoms with Crippen LogP contribution >= 0.6 is 0 Å². The van der Waals surface area contributed by atoms with Crippen molar-refractivity contribution in [2.45, 2.75) is 31.7 Å². The molecule has 0 bridgehead atoms. The van der Waals surface area contributed by atoms with E-state index < -0.39 is 12.1 Å². The molecule has 1 heterocycles. The molecule has 1 aliphatic carbocycles. The van der Waals surface area contributed by atoms with Gasteiger partial charge in [0.25, 0.3) is 0 Å². The first-order chi connectivity index (χ1) is 8.06. The van der Waals surface area contributed by atoms with Crippen molar-refractivity contribution in [2.75, 3.05) is 13.2 Å². The van der Waals surface area contributed by atoms with E-state index in [1.807, 2.05) is 0 Å². The van der Waals surface area contributed by atoms with Gasteiger partial charge in [-0.15, -0.1) is 0 Å². The van der Waals surface area contributed by atoms with Crippen molar-refractivity contribution in [3.8, 4) is 0 Å². The number of carbonyl (C=O) groups excluding carboxylic acids is 1. The van der Waals surface area contributed by atoms with Gasteiger partial charge in [0.2, 0.25) is 0 Å². The first-order valence-corrected chi connectivity index (χ1v) is 5.82. The second-order valence-corrected chi connectivity index (χ2v) is 4.95. The monoisotopic (exact) mass is 239 g/mol. The lowest BCUT2D eigenvalue weighted by Gasteiger charge is -2.22. The maximum Gasteiger partial charge on any atom is 0.410 e. The molecule has 1 aliphatic heterocycles. The average Bonchev–Trinajstić information content (AvgIpc) is 2.91. The SMILES string of the molecule is C=CCOC(=O)N1CC2(CC2)C[C@H]1CC(=O)O. The van der Waals surface area contributed by atoms with Gasteiger partial charge in [-0.25, -0.2) is 4.79 Å². The van der Waals surface area contributed by atoms with E-state index in [1.54, 1.807) is 4.90 Å². The summed E-state index contributed by atoms with van der Waals surface area (Å²) in [4.78, 5) is 24.1. The molecule has 1 spiro atoms. The highest BCUT2D eigenvalue weighted by Crippen LogP contribution is 2.55. The minimum atomic E-state index is -0.866. The van der Waals surface area contributed by atoms with Crippen LogP contribution in [-0.2, 0) is 9.53 Å². The second-order valence-electron chi connectivity index (χ2n) is 4.95. The van der Waals surface area contributed by atoms with Crippen LogP contribution in [0.25, 0.3) is 0 Å². The molecular weight excluding hydrogens is 222 g/mol. The third kappa shape index (κ3) is 2.60. The molecular formula is C12H17NO4. The highest BCUT2D eigenvalue weighted by atomic mass is 16.6. The number of carboxylic acids is 1. The number of ether oxygens (including phenoxy) is 1. The number of carbonyl (C=O) groups is 2. The number of likely N-dealkylation sites (tertiary alicyclic amines) is 1. The molecule has 5 heteroatoms. The van der Waals surface area contributed by atoms with Gasteiger partial charge >= 0.3 is 12.1 Å². The Morgan fingerprint density at radius 1 is 1.53 bits per heavy atom. The zero-order chi connectivity index (χ0) is 12.5. The Labute approximate surface area is 100 Å². The molecule has 1 saturated heterocycles. The van der Waals surface area contributed by atoms with Gasteiger partial charge in [-0.3, -0.25) is 4.79 Å². The van der Waals surface area contributed by atoms with Crippen LogP contribution in [0.15, 0.2) is 12.7 Å². The largest absolute Gasteiger partial charge is 0.481 e. The Kier molecular flexibility index (Phi) is 3.09. The lowest BCUT2D eigenvalue weighted by molar-refractivity contribution is -0.138. The summed E-state index contributed by atoms with van der Waals surface area (Å²) < 4.78 is 4.98. The lowest BCUT2D eigenvalue weighted by Crippen LogP contribution is -2.37. The van der Waals surface area contributed by atoms with E-state index in [-0.39, 0.29) is 24.5 Å². The number of amides is 1. The van der Waals surface area contributed by atoms with Crippen molar-refractivity contribution < 1.29 is 19.4 Å². The van der Waals surface area contributed by atoms with Crippen LogP contribution in [0.4, 0.5) is 4.79 Å². The zero-order valence-electron chi connectivity index (χ0n) is 9.72. The van der Waals surface area contributed by atoms with Gasteiger partial charge in [0.1, 0.15) is 6.61 Å². The number of hydrogen-bond donors (Lipinski definition) is 1. The van der Waals surface area contributed by atoms with Crippen LogP contribution in [0.5, 0.6) is 0 Å². The van der Waals surface area contributed by atoms with Crippen LogP contribution in [0, 0.1) is 5.41 Å². The smallest absolute Gasteiger partial charge is 0.410 e. The molecule has 1 saturated carbocycles. The van der Waals surface area contributed by atoms with Gasteiger partial charge in [0.05, 0.1) is 6.42 Å². The van der Waals surface area contributed by atoms with Gasteiger partial charge in [-0.2, -0.15) is 0 Å². The fraction of sp³-hybridized carbons (Fsp3) is 0.667. The molecule has 2 fully saturated rings. The van der Waals surface area contributed by atoms with Crippen LogP contribution in [0.1, 0.15) is 25.7 Å². The van der Waals surface area contributed by atoms with Crippen molar-refractivity contribution in [2.24, 2.45) is 5.41 Å². The summed E-state index contributed by atoms with van der Waals surface area (Å²) in [6, 6.07) is -0.215. The Morgan fingerprint density at radius 2 is 2.24 bits per heavy atom. The minimum absolute atomic E-state index is 0.00490. The molecule has 5 nitrogen and oxygen atoms in total. The molecule has 0 aromatic heterocycles. The number of aliphatic carboxylic acids is 1. The molecule has 1 atom stereocenters. The zero-order valence-corrected chi connectivity index (χ0v) is 9.72. The highest BCUT2D eigenvalue weighted by Gasteiger charge is 2.53. The van der Waals surface area contributed by atoms with E-state index in [2.05, 4.69) is 6.58 Å². The molecule has 0 aromatic carbocycles. The lowest BCUT2D eigenvalue weighted by atomic mass is 10.0. The van der Waals surface area contributed by atoms with Crippen LogP contribution < -0.4 is 0 Å². The molecule has 17 heavy (non-hydrogen) atoms. The summed E-state index contributed by atoms with van der Waals surface area (Å²) in [6.45, 7) is 4.29. The summed E-state index contributed by atoms with van der Waals surface area (Å²) in [6.07, 6.45) is 4.07. The summed E-state index contributed by atoms with van der Waals surface area (Å²) in [5, 5.41) is 8.85. The van der Waals surface area contributed by atoms with Crippen LogP contribution in [-0.4, -0.2) is 41.3 Å². The fourth-order valence-corrected chi connectivity index (χ4v) is 2.51. The van der Waals surface area contributed by atoms with Crippen molar-refractivity contribution >= 4 is 12.1 Å². The summed E-state index contributed by atoms with van der Waals surface area (Å²) in [7, 11) is 0. The van der Waals surface area contributed by atoms with Gasteiger partial charge in [-0.05, 0) is 24.7 Å². The Morgan fingerprint density at radius 3 is 2.76 bits per heavy atom. The van der Waals surface area contributed by atoms with Gasteiger partial charge < -0.3 is 14.7 Å². The first kappa shape index (κ1) is 12.0. The van der Waals surface area contributed by atoms with E-state index in [1.165, 1.54) is 6.08 Å². The van der Waals surface area contributed by atoms with E-state index in [0.29, 0.717) is 6.54 Å². The molecule has 1 N–H and O–H groups in total. The molecule has 1 amide bonds. The maximum absolute atomic E-state index is 11.8. The molecule has 0 unspecified atom stereocenters. The number of hydrogen-bond acceptors (Lipinski definition) is 3. The number of nitrogens with zero attached hydrogens (tertiary/aromatic N) is 1. The predicted molar refractivity (Wildman–Crippen MR) is 60.6 cm³/mol.